The van der Waals surface area contributed by atoms with Crippen LogP contribution in [0.5, 0.6) is 11.5 Å². The fourth-order valence-corrected chi connectivity index (χ4v) is 3.90. The van der Waals surface area contributed by atoms with Gasteiger partial charge in [0.15, 0.2) is 11.5 Å². The van der Waals surface area contributed by atoms with Gasteiger partial charge >= 0.3 is 0 Å². The molecule has 0 radical (unpaired) electrons. The third-order valence-corrected chi connectivity index (χ3v) is 5.22. The largest absolute Gasteiger partial charge is 0.454 e. The second-order valence-corrected chi connectivity index (χ2v) is 6.59. The molecule has 1 unspecified atom stereocenters. The van der Waals surface area contributed by atoms with E-state index in [9.17, 15) is 4.79 Å². The maximum atomic E-state index is 12.1. The number of amides is 1. The van der Waals surface area contributed by atoms with E-state index >= 15 is 0 Å². The van der Waals surface area contributed by atoms with Crippen LogP contribution in [0.25, 0.3) is 0 Å². The fourth-order valence-electron chi connectivity index (χ4n) is 2.68. The van der Waals surface area contributed by atoms with Crippen molar-refractivity contribution in [3.8, 4) is 11.5 Å². The highest BCUT2D eigenvalue weighted by atomic mass is 32.2. The molecule has 0 bridgehead atoms. The summed E-state index contributed by atoms with van der Waals surface area (Å²) in [5.41, 5.74) is 1.24. The Kier molecular flexibility index (Phi) is 5.10. The summed E-state index contributed by atoms with van der Waals surface area (Å²) >= 11 is 1.90. The van der Waals surface area contributed by atoms with E-state index in [2.05, 4.69) is 12.1 Å². The first-order valence-electron chi connectivity index (χ1n) is 7.64. The molecule has 1 atom stereocenters. The standard InChI is InChI=1S/C16H21NO4S/c1-2-19-10-16(18)17-6-5-15(22-8-7-17)12-3-4-13-14(9-12)21-11-20-13/h3-4,9,15H,2,5-8,10-11H2,1H3. The van der Waals surface area contributed by atoms with Gasteiger partial charge in [-0.25, -0.2) is 0 Å². The summed E-state index contributed by atoms with van der Waals surface area (Å²) in [5.74, 6) is 2.67. The quantitative estimate of drug-likeness (QED) is 0.852. The smallest absolute Gasteiger partial charge is 0.248 e. The van der Waals surface area contributed by atoms with E-state index in [1.54, 1.807) is 0 Å². The van der Waals surface area contributed by atoms with Crippen LogP contribution in [-0.4, -0.2) is 49.7 Å². The van der Waals surface area contributed by atoms with Crippen molar-refractivity contribution in [3.63, 3.8) is 0 Å². The summed E-state index contributed by atoms with van der Waals surface area (Å²) < 4.78 is 16.0. The molecule has 0 aliphatic carbocycles. The fraction of sp³-hybridized carbons (Fsp3) is 0.562. The second-order valence-electron chi connectivity index (χ2n) is 5.28. The molecule has 22 heavy (non-hydrogen) atoms. The zero-order valence-corrected chi connectivity index (χ0v) is 13.6. The number of thioether (sulfide) groups is 1. The van der Waals surface area contributed by atoms with Crippen LogP contribution in [0.3, 0.4) is 0 Å². The molecule has 2 aliphatic heterocycles. The molecule has 0 aromatic heterocycles. The Morgan fingerprint density at radius 1 is 1.36 bits per heavy atom. The highest BCUT2D eigenvalue weighted by molar-refractivity contribution is 7.99. The number of hydrogen-bond acceptors (Lipinski definition) is 5. The number of fused-ring (bicyclic) bond motifs is 1. The molecule has 1 fully saturated rings. The molecule has 5 nitrogen and oxygen atoms in total. The molecular formula is C16H21NO4S. The van der Waals surface area contributed by atoms with Crippen LogP contribution in [0.15, 0.2) is 18.2 Å². The van der Waals surface area contributed by atoms with Crippen LogP contribution in [0, 0.1) is 0 Å². The summed E-state index contributed by atoms with van der Waals surface area (Å²) in [4.78, 5) is 14.0. The minimum atomic E-state index is 0.0915. The zero-order valence-electron chi connectivity index (χ0n) is 12.7. The molecule has 3 rings (SSSR count). The van der Waals surface area contributed by atoms with Crippen LogP contribution < -0.4 is 9.47 Å². The summed E-state index contributed by atoms with van der Waals surface area (Å²) in [6.07, 6.45) is 0.947. The molecule has 0 spiro atoms. The van der Waals surface area contributed by atoms with Crippen molar-refractivity contribution >= 4 is 17.7 Å². The molecule has 0 saturated carbocycles. The first-order chi connectivity index (χ1) is 10.8. The molecule has 0 N–H and O–H groups in total. The summed E-state index contributed by atoms with van der Waals surface area (Å²) in [6, 6.07) is 6.14. The minimum Gasteiger partial charge on any atom is -0.454 e. The van der Waals surface area contributed by atoms with Crippen molar-refractivity contribution in [2.45, 2.75) is 18.6 Å². The van der Waals surface area contributed by atoms with Gasteiger partial charge < -0.3 is 19.1 Å². The molecule has 2 heterocycles. The highest BCUT2D eigenvalue weighted by Gasteiger charge is 2.23. The van der Waals surface area contributed by atoms with Gasteiger partial charge in [-0.1, -0.05) is 6.07 Å². The molecule has 2 aliphatic rings. The van der Waals surface area contributed by atoms with E-state index < -0.39 is 0 Å². The van der Waals surface area contributed by atoms with Crippen molar-refractivity contribution < 1.29 is 19.0 Å². The third kappa shape index (κ3) is 3.50. The Morgan fingerprint density at radius 3 is 3.09 bits per heavy atom. The normalized spacial score (nSPS) is 20.8. The molecule has 1 aromatic rings. The van der Waals surface area contributed by atoms with Crippen molar-refractivity contribution in [2.24, 2.45) is 0 Å². The molecule has 120 valence electrons. The number of ether oxygens (including phenoxy) is 3. The Balaban J connectivity index is 1.61. The second kappa shape index (κ2) is 7.24. The SMILES string of the molecule is CCOCC(=O)N1CCSC(c2ccc3c(c2)OCO3)CC1. The van der Waals surface area contributed by atoms with Crippen molar-refractivity contribution in [3.05, 3.63) is 23.8 Å². The molecule has 1 aromatic carbocycles. The van der Waals surface area contributed by atoms with Gasteiger partial charge in [-0.3, -0.25) is 4.79 Å². The number of carbonyl (C=O) groups excluding carboxylic acids is 1. The van der Waals surface area contributed by atoms with E-state index in [4.69, 9.17) is 14.2 Å². The van der Waals surface area contributed by atoms with Gasteiger partial charge in [0.05, 0.1) is 0 Å². The van der Waals surface area contributed by atoms with Crippen LogP contribution in [0.1, 0.15) is 24.2 Å². The van der Waals surface area contributed by atoms with Gasteiger partial charge in [0.1, 0.15) is 6.61 Å². The van der Waals surface area contributed by atoms with Crippen molar-refractivity contribution in [2.75, 3.05) is 38.8 Å². The first kappa shape index (κ1) is 15.5. The number of nitrogens with zero attached hydrogens (tertiary/aromatic N) is 1. The van der Waals surface area contributed by atoms with Crippen LogP contribution in [0.2, 0.25) is 0 Å². The van der Waals surface area contributed by atoms with Gasteiger partial charge in [-0.05, 0) is 31.0 Å². The number of rotatable bonds is 4. The summed E-state index contributed by atoms with van der Waals surface area (Å²) in [5, 5.41) is 0.388. The summed E-state index contributed by atoms with van der Waals surface area (Å²) in [7, 11) is 0. The van der Waals surface area contributed by atoms with Crippen LogP contribution >= 0.6 is 11.8 Å². The Hall–Kier alpha value is -1.40. The summed E-state index contributed by atoms with van der Waals surface area (Å²) in [6.45, 7) is 4.54. The third-order valence-electron chi connectivity index (χ3n) is 3.89. The average molecular weight is 323 g/mol. The average Bonchev–Trinajstić information content (AvgIpc) is 2.87. The maximum absolute atomic E-state index is 12.1. The number of benzene rings is 1. The Bertz CT molecular complexity index is 537. The van der Waals surface area contributed by atoms with Gasteiger partial charge in [0.2, 0.25) is 12.7 Å². The van der Waals surface area contributed by atoms with Crippen molar-refractivity contribution in [1.82, 2.24) is 4.90 Å². The van der Waals surface area contributed by atoms with E-state index in [1.165, 1.54) is 5.56 Å². The first-order valence-corrected chi connectivity index (χ1v) is 8.69. The maximum Gasteiger partial charge on any atom is 0.248 e. The van der Waals surface area contributed by atoms with Gasteiger partial charge in [0, 0.05) is 30.7 Å². The predicted octanol–water partition coefficient (Wildman–Crippen LogP) is 2.46. The number of carbonyl (C=O) groups is 1. The van der Waals surface area contributed by atoms with E-state index in [0.29, 0.717) is 18.6 Å². The lowest BCUT2D eigenvalue weighted by molar-refractivity contribution is -0.135. The zero-order chi connectivity index (χ0) is 15.4. The topological polar surface area (TPSA) is 48.0 Å². The molecule has 1 saturated heterocycles. The van der Waals surface area contributed by atoms with Crippen LogP contribution in [0.4, 0.5) is 0 Å². The van der Waals surface area contributed by atoms with E-state index in [1.807, 2.05) is 29.7 Å². The predicted molar refractivity (Wildman–Crippen MR) is 85.5 cm³/mol. The van der Waals surface area contributed by atoms with Gasteiger partial charge in [-0.15, -0.1) is 0 Å². The number of hydrogen-bond donors (Lipinski definition) is 0. The Labute approximate surface area is 134 Å². The molecule has 6 heteroatoms. The lowest BCUT2D eigenvalue weighted by atomic mass is 10.1. The molecule has 1 amide bonds. The Morgan fingerprint density at radius 2 is 2.23 bits per heavy atom. The van der Waals surface area contributed by atoms with Crippen molar-refractivity contribution in [1.29, 1.82) is 0 Å². The lowest BCUT2D eigenvalue weighted by Crippen LogP contribution is -2.35. The highest BCUT2D eigenvalue weighted by Crippen LogP contribution is 2.40. The monoisotopic (exact) mass is 323 g/mol. The molecular weight excluding hydrogens is 302 g/mol. The van der Waals surface area contributed by atoms with Gasteiger partial charge in [0.25, 0.3) is 0 Å². The van der Waals surface area contributed by atoms with E-state index in [0.717, 1.165) is 36.8 Å². The van der Waals surface area contributed by atoms with Crippen LogP contribution in [-0.2, 0) is 9.53 Å². The lowest BCUT2D eigenvalue weighted by Gasteiger charge is -2.20. The minimum absolute atomic E-state index is 0.0915. The van der Waals surface area contributed by atoms with Gasteiger partial charge in [-0.2, -0.15) is 11.8 Å². The van der Waals surface area contributed by atoms with E-state index in [-0.39, 0.29) is 12.5 Å².